The van der Waals surface area contributed by atoms with E-state index in [9.17, 15) is 9.59 Å². The summed E-state index contributed by atoms with van der Waals surface area (Å²) in [6.45, 7) is 8.50. The molecule has 1 unspecified atom stereocenters. The van der Waals surface area contributed by atoms with Crippen LogP contribution in [-0.2, 0) is 14.3 Å². The first kappa shape index (κ1) is 24.0. The van der Waals surface area contributed by atoms with Crippen LogP contribution in [0.4, 0.5) is 0 Å². The van der Waals surface area contributed by atoms with Gasteiger partial charge in [0.15, 0.2) is 5.78 Å². The highest BCUT2D eigenvalue weighted by molar-refractivity contribution is 6.09. The van der Waals surface area contributed by atoms with Gasteiger partial charge in [-0.2, -0.15) is 0 Å². The third-order valence-electron chi connectivity index (χ3n) is 6.32. The average Bonchev–Trinajstić information content (AvgIpc) is 2.74. The van der Waals surface area contributed by atoms with Gasteiger partial charge >= 0.3 is 5.97 Å². The lowest BCUT2D eigenvalue weighted by Gasteiger charge is -2.39. The molecule has 0 saturated carbocycles. The van der Waals surface area contributed by atoms with E-state index in [-0.39, 0.29) is 17.2 Å². The maximum atomic E-state index is 13.4. The van der Waals surface area contributed by atoms with Gasteiger partial charge in [-0.1, -0.05) is 39.7 Å². The minimum atomic E-state index is -0.664. The molecule has 1 aromatic rings. The molecule has 1 aliphatic heterocycles. The number of rotatable bonds is 8. The minimum absolute atomic E-state index is 0.0409. The van der Waals surface area contributed by atoms with Gasteiger partial charge in [0, 0.05) is 41.0 Å². The number of hydrogen-bond donors (Lipinski definition) is 0. The van der Waals surface area contributed by atoms with E-state index in [0.29, 0.717) is 42.2 Å². The van der Waals surface area contributed by atoms with Crippen LogP contribution in [0.2, 0.25) is 0 Å². The third-order valence-corrected chi connectivity index (χ3v) is 6.32. The number of carbonyl (C=O) groups excluding carboxylic acids is 2. The van der Waals surface area contributed by atoms with Crippen molar-refractivity contribution in [3.63, 3.8) is 0 Å². The van der Waals surface area contributed by atoms with Crippen LogP contribution in [0.25, 0.3) is 0 Å². The van der Waals surface area contributed by atoms with Gasteiger partial charge in [-0.05, 0) is 31.2 Å². The molecule has 0 saturated heterocycles. The van der Waals surface area contributed by atoms with Crippen molar-refractivity contribution in [1.29, 1.82) is 0 Å². The molecule has 0 fully saturated rings. The molecule has 0 N–H and O–H groups in total. The Morgan fingerprint density at radius 1 is 1.16 bits per heavy atom. The molecule has 0 aromatic heterocycles. The number of carbonyl (C=O) groups is 2. The van der Waals surface area contributed by atoms with Crippen molar-refractivity contribution in [2.45, 2.75) is 65.7 Å². The van der Waals surface area contributed by atoms with Crippen molar-refractivity contribution in [2.24, 2.45) is 16.3 Å². The Labute approximate surface area is 191 Å². The molecule has 2 atom stereocenters. The van der Waals surface area contributed by atoms with Crippen molar-refractivity contribution in [1.82, 2.24) is 0 Å². The van der Waals surface area contributed by atoms with Crippen LogP contribution in [0.1, 0.15) is 71.3 Å². The molecule has 0 bridgehead atoms. The molecule has 1 aromatic carbocycles. The van der Waals surface area contributed by atoms with Gasteiger partial charge in [0.1, 0.15) is 17.4 Å². The zero-order valence-corrected chi connectivity index (χ0v) is 20.1. The summed E-state index contributed by atoms with van der Waals surface area (Å²) in [5.41, 5.74) is 2.69. The zero-order valence-electron chi connectivity index (χ0n) is 20.1. The topological polar surface area (TPSA) is 74.2 Å². The van der Waals surface area contributed by atoms with Crippen LogP contribution in [0.15, 0.2) is 34.5 Å². The lowest BCUT2D eigenvalue weighted by Crippen LogP contribution is -2.39. The van der Waals surface area contributed by atoms with Crippen LogP contribution in [0.3, 0.4) is 0 Å². The molecule has 3 rings (SSSR count). The Balaban J connectivity index is 2.10. The van der Waals surface area contributed by atoms with Gasteiger partial charge in [0.05, 0.1) is 20.8 Å². The fourth-order valence-corrected chi connectivity index (χ4v) is 4.78. The SMILES string of the molecule is CCCCCOC(=O)C1C(C)=NC2=C(C(=O)CC(C)(C)C2)[C@H]1c1ccc(OC)cc1OC. The van der Waals surface area contributed by atoms with E-state index in [1.54, 1.807) is 20.3 Å². The molecule has 174 valence electrons. The minimum Gasteiger partial charge on any atom is -0.497 e. The van der Waals surface area contributed by atoms with Gasteiger partial charge in [0.2, 0.25) is 0 Å². The normalized spacial score (nSPS) is 22.2. The molecule has 0 amide bonds. The van der Waals surface area contributed by atoms with Crippen LogP contribution in [-0.4, -0.2) is 38.3 Å². The highest BCUT2D eigenvalue weighted by Crippen LogP contribution is 2.50. The predicted octanol–water partition coefficient (Wildman–Crippen LogP) is 5.25. The van der Waals surface area contributed by atoms with E-state index in [1.807, 2.05) is 19.1 Å². The van der Waals surface area contributed by atoms with Gasteiger partial charge in [-0.25, -0.2) is 0 Å². The first-order chi connectivity index (χ1) is 15.2. The molecule has 6 heteroatoms. The highest BCUT2D eigenvalue weighted by Gasteiger charge is 2.46. The number of benzene rings is 1. The molecule has 1 heterocycles. The lowest BCUT2D eigenvalue weighted by molar-refractivity contribution is -0.146. The molecular weight excluding hydrogens is 406 g/mol. The first-order valence-corrected chi connectivity index (χ1v) is 11.4. The summed E-state index contributed by atoms with van der Waals surface area (Å²) in [6.07, 6.45) is 3.99. The Hall–Kier alpha value is -2.63. The molecule has 6 nitrogen and oxygen atoms in total. The second kappa shape index (κ2) is 9.88. The number of Topliss-reactive ketones (excluding diaryl/α,β-unsaturated/α-hetero) is 1. The quantitative estimate of drug-likeness (QED) is 0.407. The molecule has 2 aliphatic rings. The Morgan fingerprint density at radius 3 is 2.56 bits per heavy atom. The van der Waals surface area contributed by atoms with E-state index in [1.165, 1.54) is 0 Å². The Kier molecular flexibility index (Phi) is 7.42. The number of esters is 1. The van der Waals surface area contributed by atoms with E-state index in [2.05, 4.69) is 20.8 Å². The van der Waals surface area contributed by atoms with Gasteiger partial charge < -0.3 is 14.2 Å². The molecular formula is C26H35NO5. The number of nitrogens with zero attached hydrogens (tertiary/aromatic N) is 1. The first-order valence-electron chi connectivity index (χ1n) is 11.4. The zero-order chi connectivity index (χ0) is 23.5. The number of allylic oxidation sites excluding steroid dienone is 2. The van der Waals surface area contributed by atoms with Crippen molar-refractivity contribution in [3.8, 4) is 11.5 Å². The fourth-order valence-electron chi connectivity index (χ4n) is 4.78. The second-order valence-corrected chi connectivity index (χ2v) is 9.49. The number of aliphatic imine (C=N–C) groups is 1. The van der Waals surface area contributed by atoms with Crippen LogP contribution >= 0.6 is 0 Å². The van der Waals surface area contributed by atoms with Crippen molar-refractivity contribution >= 4 is 17.5 Å². The van der Waals surface area contributed by atoms with Crippen molar-refractivity contribution in [3.05, 3.63) is 35.0 Å². The van der Waals surface area contributed by atoms with E-state index in [0.717, 1.165) is 30.5 Å². The van der Waals surface area contributed by atoms with Gasteiger partial charge in [-0.3, -0.25) is 14.6 Å². The number of methoxy groups -OCH3 is 2. The standard InChI is InChI=1S/C26H35NO5/c1-7-8-9-12-32-25(29)22-16(2)27-19-14-26(3,4)15-20(28)24(19)23(22)18-11-10-17(30-5)13-21(18)31-6/h10-11,13,22-23H,7-9,12,14-15H2,1-6H3/t22?,23-/m0/s1. The Bertz CT molecular complexity index is 944. The third kappa shape index (κ3) is 4.89. The largest absolute Gasteiger partial charge is 0.497 e. The predicted molar refractivity (Wildman–Crippen MR) is 124 cm³/mol. The van der Waals surface area contributed by atoms with Crippen molar-refractivity contribution < 1.29 is 23.8 Å². The maximum absolute atomic E-state index is 13.4. The van der Waals surface area contributed by atoms with E-state index >= 15 is 0 Å². The summed E-state index contributed by atoms with van der Waals surface area (Å²) in [5, 5.41) is 0. The number of unbranched alkanes of at least 4 members (excludes halogenated alkanes) is 2. The lowest BCUT2D eigenvalue weighted by atomic mass is 9.66. The Morgan fingerprint density at radius 2 is 1.91 bits per heavy atom. The van der Waals surface area contributed by atoms with E-state index < -0.39 is 11.8 Å². The molecule has 1 aliphatic carbocycles. The van der Waals surface area contributed by atoms with Crippen LogP contribution in [0, 0.1) is 11.3 Å². The van der Waals surface area contributed by atoms with Gasteiger partial charge in [-0.15, -0.1) is 0 Å². The maximum Gasteiger partial charge on any atom is 0.315 e. The second-order valence-electron chi connectivity index (χ2n) is 9.49. The highest BCUT2D eigenvalue weighted by atomic mass is 16.5. The summed E-state index contributed by atoms with van der Waals surface area (Å²) in [4.78, 5) is 31.4. The average molecular weight is 442 g/mol. The summed E-state index contributed by atoms with van der Waals surface area (Å²) in [5.74, 6) is -0.227. The monoisotopic (exact) mass is 441 g/mol. The van der Waals surface area contributed by atoms with Crippen LogP contribution < -0.4 is 9.47 Å². The number of hydrogen-bond acceptors (Lipinski definition) is 6. The van der Waals surface area contributed by atoms with Crippen LogP contribution in [0.5, 0.6) is 11.5 Å². The molecule has 0 spiro atoms. The molecule has 32 heavy (non-hydrogen) atoms. The number of ether oxygens (including phenoxy) is 3. The number of ketones is 1. The summed E-state index contributed by atoms with van der Waals surface area (Å²) < 4.78 is 16.7. The summed E-state index contributed by atoms with van der Waals surface area (Å²) >= 11 is 0. The fraction of sp³-hybridized carbons (Fsp3) is 0.577. The van der Waals surface area contributed by atoms with E-state index in [4.69, 9.17) is 19.2 Å². The van der Waals surface area contributed by atoms with Crippen molar-refractivity contribution in [2.75, 3.05) is 20.8 Å². The van der Waals surface area contributed by atoms with Gasteiger partial charge in [0.25, 0.3) is 0 Å². The molecule has 0 radical (unpaired) electrons. The summed E-state index contributed by atoms with van der Waals surface area (Å²) in [7, 11) is 3.18. The smallest absolute Gasteiger partial charge is 0.315 e. The summed E-state index contributed by atoms with van der Waals surface area (Å²) in [6, 6.07) is 5.51.